The number of rotatable bonds is 5. The van der Waals surface area contributed by atoms with Gasteiger partial charge in [-0.1, -0.05) is 35.9 Å². The molecule has 212 valence electrons. The molecule has 9 nitrogen and oxygen atoms in total. The second-order valence-electron chi connectivity index (χ2n) is 11.4. The standard InChI is InChI=1S/C33H30N4O5/c1-4-42-31(40)19-9-11-21(12-10-19)37-29(38)26-25(15-20-16-34-24-8-6-5-7-22(20)24)36-33(27(26)30(37)39)23-14-17(2)13-18(3)28(23)35-32(33)41/h5-14,16,25-27,34,36H,4,15H2,1-3H3,(H,35,41)/t25-,26+,27-,33+/m0/s1. The molecule has 3 N–H and O–H groups in total. The number of hydrogen-bond donors (Lipinski definition) is 3. The minimum Gasteiger partial charge on any atom is -0.462 e. The molecule has 1 spiro atoms. The Morgan fingerprint density at radius 3 is 2.52 bits per heavy atom. The minimum absolute atomic E-state index is 0.239. The monoisotopic (exact) mass is 562 g/mol. The Bertz CT molecular complexity index is 1810. The summed E-state index contributed by atoms with van der Waals surface area (Å²) in [6.45, 7) is 5.85. The zero-order valence-electron chi connectivity index (χ0n) is 23.5. The van der Waals surface area contributed by atoms with E-state index in [9.17, 15) is 19.2 Å². The summed E-state index contributed by atoms with van der Waals surface area (Å²) in [5.74, 6) is -3.35. The van der Waals surface area contributed by atoms with Crippen molar-refractivity contribution in [3.63, 3.8) is 0 Å². The largest absolute Gasteiger partial charge is 0.462 e. The number of nitrogens with one attached hydrogen (secondary N) is 3. The van der Waals surface area contributed by atoms with Crippen LogP contribution in [0, 0.1) is 25.7 Å². The van der Waals surface area contributed by atoms with Crippen LogP contribution in [0.25, 0.3) is 10.9 Å². The van der Waals surface area contributed by atoms with E-state index in [1.165, 1.54) is 4.90 Å². The second kappa shape index (κ2) is 9.39. The van der Waals surface area contributed by atoms with Gasteiger partial charge in [0.2, 0.25) is 17.7 Å². The Kier molecular flexibility index (Phi) is 5.85. The van der Waals surface area contributed by atoms with Crippen molar-refractivity contribution >= 4 is 46.0 Å². The number of aryl methyl sites for hydroxylation is 2. The summed E-state index contributed by atoms with van der Waals surface area (Å²) in [4.78, 5) is 59.3. The maximum absolute atomic E-state index is 14.4. The summed E-state index contributed by atoms with van der Waals surface area (Å²) in [7, 11) is 0. The van der Waals surface area contributed by atoms with E-state index in [2.05, 4.69) is 15.6 Å². The predicted molar refractivity (Wildman–Crippen MR) is 157 cm³/mol. The first kappa shape index (κ1) is 26.2. The van der Waals surface area contributed by atoms with Gasteiger partial charge in [-0.3, -0.25) is 19.7 Å². The van der Waals surface area contributed by atoms with Crippen LogP contribution in [-0.2, 0) is 31.1 Å². The van der Waals surface area contributed by atoms with Gasteiger partial charge in [0.05, 0.1) is 29.7 Å². The Hall–Kier alpha value is -4.76. The highest BCUT2D eigenvalue weighted by molar-refractivity contribution is 6.26. The molecule has 0 unspecified atom stereocenters. The van der Waals surface area contributed by atoms with E-state index < -0.39 is 35.3 Å². The van der Waals surface area contributed by atoms with Crippen LogP contribution in [0.5, 0.6) is 0 Å². The molecule has 7 rings (SSSR count). The van der Waals surface area contributed by atoms with E-state index in [0.29, 0.717) is 28.9 Å². The van der Waals surface area contributed by atoms with Crippen LogP contribution >= 0.6 is 0 Å². The van der Waals surface area contributed by atoms with E-state index in [-0.39, 0.29) is 18.4 Å². The number of imide groups is 1. The smallest absolute Gasteiger partial charge is 0.338 e. The van der Waals surface area contributed by atoms with Crippen LogP contribution in [-0.4, -0.2) is 41.3 Å². The first-order valence-corrected chi connectivity index (χ1v) is 14.2. The number of nitrogens with zero attached hydrogens (tertiary/aromatic N) is 1. The summed E-state index contributed by atoms with van der Waals surface area (Å²) in [6.07, 6.45) is 2.37. The number of fused-ring (bicyclic) bond motifs is 5. The van der Waals surface area contributed by atoms with Crippen molar-refractivity contribution in [2.45, 2.75) is 38.8 Å². The molecule has 4 atom stereocenters. The van der Waals surface area contributed by atoms with Gasteiger partial charge in [0, 0.05) is 34.4 Å². The molecule has 0 radical (unpaired) electrons. The number of benzene rings is 3. The van der Waals surface area contributed by atoms with Crippen molar-refractivity contribution in [1.29, 1.82) is 0 Å². The molecule has 0 saturated carbocycles. The molecule has 0 aliphatic carbocycles. The summed E-state index contributed by atoms with van der Waals surface area (Å²) in [5.41, 5.74) is 4.49. The van der Waals surface area contributed by atoms with Crippen LogP contribution in [0.2, 0.25) is 0 Å². The average molecular weight is 563 g/mol. The molecule has 2 saturated heterocycles. The Balaban J connectivity index is 1.34. The fourth-order valence-electron chi connectivity index (χ4n) is 7.19. The lowest BCUT2D eigenvalue weighted by molar-refractivity contribution is -0.130. The lowest BCUT2D eigenvalue weighted by Crippen LogP contribution is -2.53. The van der Waals surface area contributed by atoms with E-state index in [0.717, 1.165) is 27.6 Å². The molecule has 2 fully saturated rings. The number of hydrogen-bond acceptors (Lipinski definition) is 6. The highest BCUT2D eigenvalue weighted by Crippen LogP contribution is 2.54. The number of amides is 3. The molecule has 1 aromatic heterocycles. The molecule has 3 aliphatic heterocycles. The Morgan fingerprint density at radius 2 is 1.76 bits per heavy atom. The van der Waals surface area contributed by atoms with Crippen LogP contribution in [0.3, 0.4) is 0 Å². The normalized spacial score (nSPS) is 24.4. The SMILES string of the molecule is CCOC(=O)c1ccc(N2C(=O)[C@@H]3[C@H](Cc4c[nH]c5ccccc45)N[C@@]4(C(=O)Nc5c(C)cc(C)cc54)[C@@H]3C2=O)cc1. The fourth-order valence-corrected chi connectivity index (χ4v) is 7.19. The predicted octanol–water partition coefficient (Wildman–Crippen LogP) is 4.13. The van der Waals surface area contributed by atoms with Crippen LogP contribution in [0.15, 0.2) is 66.9 Å². The number of carbonyl (C=O) groups excluding carboxylic acids is 4. The number of carbonyl (C=O) groups is 4. The highest BCUT2D eigenvalue weighted by Gasteiger charge is 2.70. The number of esters is 1. The first-order valence-electron chi connectivity index (χ1n) is 14.2. The zero-order valence-corrected chi connectivity index (χ0v) is 23.5. The highest BCUT2D eigenvalue weighted by atomic mass is 16.5. The lowest BCUT2D eigenvalue weighted by atomic mass is 9.75. The maximum Gasteiger partial charge on any atom is 0.338 e. The summed E-state index contributed by atoms with van der Waals surface area (Å²) in [5, 5.41) is 7.61. The third kappa shape index (κ3) is 3.59. The van der Waals surface area contributed by atoms with Gasteiger partial charge in [-0.25, -0.2) is 9.69 Å². The van der Waals surface area contributed by atoms with Crippen LogP contribution in [0.1, 0.15) is 39.5 Å². The van der Waals surface area contributed by atoms with Crippen LogP contribution < -0.4 is 15.5 Å². The van der Waals surface area contributed by atoms with Gasteiger partial charge in [-0.2, -0.15) is 0 Å². The Labute approximate surface area is 242 Å². The second-order valence-corrected chi connectivity index (χ2v) is 11.4. The molecule has 9 heteroatoms. The van der Waals surface area contributed by atoms with Gasteiger partial charge in [0.25, 0.3) is 0 Å². The summed E-state index contributed by atoms with van der Waals surface area (Å²) >= 11 is 0. The van der Waals surface area contributed by atoms with Gasteiger partial charge in [-0.05, 0) is 68.7 Å². The van der Waals surface area contributed by atoms with Crippen molar-refractivity contribution in [1.82, 2.24) is 10.3 Å². The van der Waals surface area contributed by atoms with E-state index in [4.69, 9.17) is 4.74 Å². The van der Waals surface area contributed by atoms with Gasteiger partial charge in [0.15, 0.2) is 0 Å². The molecule has 4 heterocycles. The van der Waals surface area contributed by atoms with Gasteiger partial charge in [-0.15, -0.1) is 0 Å². The quantitative estimate of drug-likeness (QED) is 0.249. The van der Waals surface area contributed by atoms with Crippen LogP contribution in [0.4, 0.5) is 11.4 Å². The molecular weight excluding hydrogens is 532 g/mol. The van der Waals surface area contributed by atoms with Crippen molar-refractivity contribution in [3.05, 3.63) is 94.7 Å². The minimum atomic E-state index is -1.40. The molecule has 3 aliphatic rings. The Morgan fingerprint density at radius 1 is 1.00 bits per heavy atom. The third-order valence-electron chi connectivity index (χ3n) is 8.92. The fraction of sp³-hybridized carbons (Fsp3) is 0.273. The van der Waals surface area contributed by atoms with Crippen molar-refractivity contribution in [2.75, 3.05) is 16.8 Å². The molecule has 42 heavy (non-hydrogen) atoms. The van der Waals surface area contributed by atoms with Gasteiger partial charge in [0.1, 0.15) is 5.54 Å². The lowest BCUT2D eigenvalue weighted by Gasteiger charge is -2.30. The number of para-hydroxylation sites is 1. The number of ether oxygens (including phenoxy) is 1. The number of H-pyrrole nitrogens is 1. The van der Waals surface area contributed by atoms with Crippen molar-refractivity contribution in [2.24, 2.45) is 11.8 Å². The molecule has 3 amide bonds. The number of aromatic amines is 1. The third-order valence-corrected chi connectivity index (χ3v) is 8.92. The molecular formula is C33H30N4O5. The zero-order chi connectivity index (χ0) is 29.3. The first-order chi connectivity index (χ1) is 20.2. The maximum atomic E-state index is 14.4. The van der Waals surface area contributed by atoms with Crippen molar-refractivity contribution in [3.8, 4) is 0 Å². The molecule has 0 bridgehead atoms. The number of anilines is 2. The molecule has 4 aromatic rings. The summed E-state index contributed by atoms with van der Waals surface area (Å²) in [6, 6.07) is 17.6. The van der Waals surface area contributed by atoms with Crippen molar-refractivity contribution < 1.29 is 23.9 Å². The van der Waals surface area contributed by atoms with Gasteiger partial charge < -0.3 is 15.0 Å². The molecule has 3 aromatic carbocycles. The summed E-state index contributed by atoms with van der Waals surface area (Å²) < 4.78 is 5.08. The van der Waals surface area contributed by atoms with E-state index >= 15 is 0 Å². The average Bonchev–Trinajstić information content (AvgIpc) is 3.68. The van der Waals surface area contributed by atoms with Gasteiger partial charge >= 0.3 is 5.97 Å². The topological polar surface area (TPSA) is 121 Å². The van der Waals surface area contributed by atoms with E-state index in [1.54, 1.807) is 31.2 Å². The van der Waals surface area contributed by atoms with E-state index in [1.807, 2.05) is 56.4 Å². The number of aromatic nitrogens is 1.